The Morgan fingerprint density at radius 2 is 1.80 bits per heavy atom. The van der Waals surface area contributed by atoms with Crippen LogP contribution >= 0.6 is 0 Å². The molecule has 1 amide bonds. The monoisotopic (exact) mass is 335 g/mol. The molecule has 0 radical (unpaired) electrons. The van der Waals surface area contributed by atoms with Gasteiger partial charge in [0.1, 0.15) is 5.75 Å². The summed E-state index contributed by atoms with van der Waals surface area (Å²) in [5.74, 6) is 0.484. The Hall–Kier alpha value is -2.85. The minimum atomic E-state index is -0.604. The molecule has 0 saturated heterocycles. The molecule has 3 aromatic rings. The van der Waals surface area contributed by atoms with Gasteiger partial charge in [-0.25, -0.2) is 0 Å². The van der Waals surface area contributed by atoms with Gasteiger partial charge >= 0.3 is 0 Å². The molecule has 0 spiro atoms. The van der Waals surface area contributed by atoms with Crippen LogP contribution in [0.1, 0.15) is 12.5 Å². The molecule has 1 atom stereocenters. The Labute approximate surface area is 147 Å². The normalized spacial score (nSPS) is 11.9. The second-order valence-electron chi connectivity index (χ2n) is 5.89. The van der Waals surface area contributed by atoms with Gasteiger partial charge in [0.15, 0.2) is 6.10 Å². The number of methoxy groups -OCH3 is 1. The highest BCUT2D eigenvalue weighted by atomic mass is 16.5. The summed E-state index contributed by atoms with van der Waals surface area (Å²) in [7, 11) is 1.64. The van der Waals surface area contributed by atoms with Crippen LogP contribution in [0.15, 0.2) is 66.7 Å². The molecule has 0 heterocycles. The van der Waals surface area contributed by atoms with Crippen LogP contribution in [0.2, 0.25) is 0 Å². The highest BCUT2D eigenvalue weighted by Gasteiger charge is 2.15. The molecule has 3 aromatic carbocycles. The SMILES string of the molecule is COCc1cccc(NC(=O)[C@H](C)Oc2ccc3ccccc3c2)c1. The van der Waals surface area contributed by atoms with Crippen molar-refractivity contribution >= 4 is 22.4 Å². The third-order valence-electron chi connectivity index (χ3n) is 3.91. The van der Waals surface area contributed by atoms with E-state index < -0.39 is 6.10 Å². The zero-order valence-corrected chi connectivity index (χ0v) is 14.4. The predicted molar refractivity (Wildman–Crippen MR) is 99.8 cm³/mol. The average molecular weight is 335 g/mol. The summed E-state index contributed by atoms with van der Waals surface area (Å²) in [6, 6.07) is 21.4. The molecule has 25 heavy (non-hydrogen) atoms. The average Bonchev–Trinajstić information content (AvgIpc) is 2.62. The lowest BCUT2D eigenvalue weighted by Gasteiger charge is -2.15. The van der Waals surface area contributed by atoms with Gasteiger partial charge in [-0.2, -0.15) is 0 Å². The van der Waals surface area contributed by atoms with Crippen molar-refractivity contribution in [3.63, 3.8) is 0 Å². The lowest BCUT2D eigenvalue weighted by Crippen LogP contribution is -2.30. The van der Waals surface area contributed by atoms with E-state index in [0.29, 0.717) is 12.4 Å². The number of hydrogen-bond acceptors (Lipinski definition) is 3. The summed E-state index contributed by atoms with van der Waals surface area (Å²) in [5, 5.41) is 5.10. The van der Waals surface area contributed by atoms with Crippen molar-refractivity contribution < 1.29 is 14.3 Å². The predicted octanol–water partition coefficient (Wildman–Crippen LogP) is 4.39. The Kier molecular flexibility index (Phi) is 5.31. The minimum Gasteiger partial charge on any atom is -0.481 e. The van der Waals surface area contributed by atoms with Crippen LogP contribution in [0, 0.1) is 0 Å². The molecular formula is C21H21NO3. The van der Waals surface area contributed by atoms with Gasteiger partial charge in [0.05, 0.1) is 6.61 Å². The van der Waals surface area contributed by atoms with E-state index in [4.69, 9.17) is 9.47 Å². The van der Waals surface area contributed by atoms with Gasteiger partial charge in [-0.05, 0) is 47.5 Å². The number of anilines is 1. The fourth-order valence-electron chi connectivity index (χ4n) is 2.65. The molecule has 0 saturated carbocycles. The van der Waals surface area contributed by atoms with Crippen molar-refractivity contribution in [3.8, 4) is 5.75 Å². The smallest absolute Gasteiger partial charge is 0.265 e. The molecule has 0 aliphatic carbocycles. The van der Waals surface area contributed by atoms with Crippen LogP contribution in [0.4, 0.5) is 5.69 Å². The van der Waals surface area contributed by atoms with Crippen LogP contribution in [0.3, 0.4) is 0 Å². The molecule has 0 fully saturated rings. The first kappa shape index (κ1) is 17.0. The van der Waals surface area contributed by atoms with Crippen LogP contribution in [-0.4, -0.2) is 19.1 Å². The summed E-state index contributed by atoms with van der Waals surface area (Å²) < 4.78 is 10.9. The van der Waals surface area contributed by atoms with Gasteiger partial charge in [-0.15, -0.1) is 0 Å². The molecule has 0 aliphatic heterocycles. The molecule has 0 aromatic heterocycles. The van der Waals surface area contributed by atoms with Gasteiger partial charge in [0.2, 0.25) is 0 Å². The molecule has 4 heteroatoms. The van der Waals surface area contributed by atoms with Crippen LogP contribution in [-0.2, 0) is 16.1 Å². The van der Waals surface area contributed by atoms with Crippen molar-refractivity contribution in [1.82, 2.24) is 0 Å². The van der Waals surface area contributed by atoms with E-state index in [1.165, 1.54) is 0 Å². The van der Waals surface area contributed by atoms with Crippen molar-refractivity contribution in [3.05, 3.63) is 72.3 Å². The summed E-state index contributed by atoms with van der Waals surface area (Å²) in [4.78, 5) is 12.4. The van der Waals surface area contributed by atoms with Crippen molar-refractivity contribution in [2.45, 2.75) is 19.6 Å². The van der Waals surface area contributed by atoms with Gasteiger partial charge in [0, 0.05) is 12.8 Å². The fraction of sp³-hybridized carbons (Fsp3) is 0.190. The topological polar surface area (TPSA) is 47.6 Å². The zero-order chi connectivity index (χ0) is 17.6. The number of ether oxygens (including phenoxy) is 2. The number of carbonyl (C=O) groups excluding carboxylic acids is 1. The Morgan fingerprint density at radius 1 is 1.00 bits per heavy atom. The van der Waals surface area contributed by atoms with Crippen LogP contribution in [0.5, 0.6) is 5.75 Å². The fourth-order valence-corrected chi connectivity index (χ4v) is 2.65. The maximum absolute atomic E-state index is 12.4. The van der Waals surface area contributed by atoms with Crippen LogP contribution < -0.4 is 10.1 Å². The maximum Gasteiger partial charge on any atom is 0.265 e. The van der Waals surface area contributed by atoms with E-state index in [1.807, 2.05) is 66.7 Å². The molecule has 3 rings (SSSR count). The zero-order valence-electron chi connectivity index (χ0n) is 14.4. The number of benzene rings is 3. The first-order valence-corrected chi connectivity index (χ1v) is 8.20. The third-order valence-corrected chi connectivity index (χ3v) is 3.91. The molecule has 128 valence electrons. The Bertz CT molecular complexity index is 876. The quantitative estimate of drug-likeness (QED) is 0.726. The summed E-state index contributed by atoms with van der Waals surface area (Å²) in [6.45, 7) is 2.25. The number of fused-ring (bicyclic) bond motifs is 1. The van der Waals surface area contributed by atoms with E-state index in [-0.39, 0.29) is 5.91 Å². The second-order valence-corrected chi connectivity index (χ2v) is 5.89. The third kappa shape index (κ3) is 4.37. The number of amides is 1. The second kappa shape index (κ2) is 7.81. The standard InChI is InChI=1S/C21H21NO3/c1-15(21(23)22-19-9-5-6-16(12-19)14-24-2)25-20-11-10-17-7-3-4-8-18(17)13-20/h3-13,15H,14H2,1-2H3,(H,22,23)/t15-/m0/s1. The first-order chi connectivity index (χ1) is 12.2. The Morgan fingerprint density at radius 3 is 2.60 bits per heavy atom. The molecule has 4 nitrogen and oxygen atoms in total. The minimum absolute atomic E-state index is 0.192. The van der Waals surface area contributed by atoms with Gasteiger partial charge in [-0.3, -0.25) is 4.79 Å². The van der Waals surface area contributed by atoms with E-state index in [0.717, 1.165) is 22.0 Å². The molecule has 0 aliphatic rings. The van der Waals surface area contributed by atoms with E-state index in [2.05, 4.69) is 5.32 Å². The number of nitrogens with one attached hydrogen (secondary N) is 1. The highest BCUT2D eigenvalue weighted by Crippen LogP contribution is 2.22. The lowest BCUT2D eigenvalue weighted by molar-refractivity contribution is -0.122. The lowest BCUT2D eigenvalue weighted by atomic mass is 10.1. The maximum atomic E-state index is 12.4. The molecule has 1 N–H and O–H groups in total. The molecule has 0 unspecified atom stereocenters. The highest BCUT2D eigenvalue weighted by molar-refractivity contribution is 5.94. The van der Waals surface area contributed by atoms with Gasteiger partial charge in [0.25, 0.3) is 5.91 Å². The number of rotatable bonds is 6. The number of hydrogen-bond donors (Lipinski definition) is 1. The first-order valence-electron chi connectivity index (χ1n) is 8.20. The number of carbonyl (C=O) groups is 1. The van der Waals surface area contributed by atoms with Crippen molar-refractivity contribution in [2.75, 3.05) is 12.4 Å². The van der Waals surface area contributed by atoms with E-state index in [9.17, 15) is 4.79 Å². The summed E-state index contributed by atoms with van der Waals surface area (Å²) in [5.41, 5.74) is 1.73. The van der Waals surface area contributed by atoms with Crippen molar-refractivity contribution in [2.24, 2.45) is 0 Å². The van der Waals surface area contributed by atoms with Crippen molar-refractivity contribution in [1.29, 1.82) is 0 Å². The largest absolute Gasteiger partial charge is 0.481 e. The summed E-state index contributed by atoms with van der Waals surface area (Å²) in [6.07, 6.45) is -0.604. The summed E-state index contributed by atoms with van der Waals surface area (Å²) >= 11 is 0. The molecule has 0 bridgehead atoms. The van der Waals surface area contributed by atoms with Gasteiger partial charge in [-0.1, -0.05) is 42.5 Å². The van der Waals surface area contributed by atoms with E-state index >= 15 is 0 Å². The van der Waals surface area contributed by atoms with Crippen LogP contribution in [0.25, 0.3) is 10.8 Å². The van der Waals surface area contributed by atoms with E-state index in [1.54, 1.807) is 14.0 Å². The molecular weight excluding hydrogens is 314 g/mol. The van der Waals surface area contributed by atoms with Gasteiger partial charge < -0.3 is 14.8 Å². The Balaban J connectivity index is 1.66.